The molecule has 3 fully saturated rings. The number of rotatable bonds is 17. The Morgan fingerprint density at radius 2 is 1.02 bits per heavy atom. The van der Waals surface area contributed by atoms with E-state index in [1.54, 1.807) is 7.11 Å². The van der Waals surface area contributed by atoms with E-state index in [1.807, 2.05) is 152 Å². The first-order valence-electron chi connectivity index (χ1n) is 20.2. The third-order valence-corrected chi connectivity index (χ3v) is 10.7. The molecule has 310 valence electrons. The summed E-state index contributed by atoms with van der Waals surface area (Å²) >= 11 is 0. The van der Waals surface area contributed by atoms with E-state index < -0.39 is 67.8 Å². The van der Waals surface area contributed by atoms with Crippen molar-refractivity contribution in [3.05, 3.63) is 179 Å². The molecule has 5 aromatic rings. The van der Waals surface area contributed by atoms with Crippen molar-refractivity contribution in [2.75, 3.05) is 20.3 Å². The highest BCUT2D eigenvalue weighted by atomic mass is 19.1. The average Bonchev–Trinajstić information content (AvgIpc) is 3.29. The molecular weight excluding hydrogens is 756 g/mol. The summed E-state index contributed by atoms with van der Waals surface area (Å²) in [6, 6.07) is 48.6. The zero-order valence-corrected chi connectivity index (χ0v) is 33.0. The van der Waals surface area contributed by atoms with Crippen LogP contribution in [0.1, 0.15) is 34.1 Å². The van der Waals surface area contributed by atoms with E-state index in [2.05, 4.69) is 0 Å². The molecule has 0 amide bonds. The molecule has 3 aliphatic rings. The topological polar surface area (TPSA) is 92.3 Å². The first-order chi connectivity index (χ1) is 29.1. The lowest BCUT2D eigenvalue weighted by molar-refractivity contribution is -0.388. The summed E-state index contributed by atoms with van der Waals surface area (Å²) in [5.41, 5.74) is 4.54. The van der Waals surface area contributed by atoms with Gasteiger partial charge in [0.2, 0.25) is 0 Å². The second kappa shape index (κ2) is 20.7. The highest BCUT2D eigenvalue weighted by Gasteiger charge is 2.55. The quantitative estimate of drug-likeness (QED) is 0.0925. The standard InChI is InChI=1S/C48H51FO10/c1-50-47-45(54-30-36-23-13-5-14-24-36)44(53-29-35-21-11-4-12-22-35)42(38(56-47)31-51-27-33-17-7-2-8-18-33)59-48-43(52-28-34-19-9-3-10-20-34)40(49)41-39(57-48)32-55-46(58-41)37-25-15-6-16-26-37/h2-26,38-48H,27-32H2,1H3/t38-,39-,40+,41-,42-,43-,44+,45-,46-,47+,48-/m1/s1. The minimum Gasteiger partial charge on any atom is -0.374 e. The van der Waals surface area contributed by atoms with Crippen molar-refractivity contribution in [3.63, 3.8) is 0 Å². The molecule has 3 saturated heterocycles. The van der Waals surface area contributed by atoms with Gasteiger partial charge in [-0.3, -0.25) is 0 Å². The summed E-state index contributed by atoms with van der Waals surface area (Å²) in [7, 11) is 1.57. The molecule has 11 heteroatoms. The van der Waals surface area contributed by atoms with Crippen LogP contribution < -0.4 is 0 Å². The molecule has 11 atom stereocenters. The van der Waals surface area contributed by atoms with Crippen LogP contribution in [0, 0.1) is 0 Å². The van der Waals surface area contributed by atoms with E-state index in [-0.39, 0.29) is 33.0 Å². The highest BCUT2D eigenvalue weighted by molar-refractivity contribution is 5.18. The van der Waals surface area contributed by atoms with Gasteiger partial charge in [-0.25, -0.2) is 4.39 Å². The molecule has 3 aliphatic heterocycles. The lowest BCUT2D eigenvalue weighted by Gasteiger charge is -2.50. The Balaban J connectivity index is 1.11. The van der Waals surface area contributed by atoms with Crippen LogP contribution in [0.15, 0.2) is 152 Å². The summed E-state index contributed by atoms with van der Waals surface area (Å²) in [5, 5.41) is 0. The molecule has 0 N–H and O–H groups in total. The first-order valence-corrected chi connectivity index (χ1v) is 20.2. The second-order valence-corrected chi connectivity index (χ2v) is 14.8. The number of alkyl halides is 1. The molecule has 0 unspecified atom stereocenters. The van der Waals surface area contributed by atoms with E-state index >= 15 is 4.39 Å². The van der Waals surface area contributed by atoms with Crippen LogP contribution in [0.25, 0.3) is 0 Å². The van der Waals surface area contributed by atoms with E-state index in [0.29, 0.717) is 6.61 Å². The summed E-state index contributed by atoms with van der Waals surface area (Å²) in [4.78, 5) is 0. The van der Waals surface area contributed by atoms with Gasteiger partial charge in [0.25, 0.3) is 0 Å². The lowest BCUT2D eigenvalue weighted by Crippen LogP contribution is -2.66. The Labute approximate surface area is 345 Å². The molecule has 0 radical (unpaired) electrons. The maximum atomic E-state index is 17.2. The Bertz CT molecular complexity index is 1950. The maximum absolute atomic E-state index is 17.2. The number of hydrogen-bond donors (Lipinski definition) is 0. The molecule has 0 bridgehead atoms. The van der Waals surface area contributed by atoms with Gasteiger partial charge in [-0.05, 0) is 22.3 Å². The number of hydrogen-bond acceptors (Lipinski definition) is 10. The van der Waals surface area contributed by atoms with Crippen LogP contribution in [-0.2, 0) is 73.8 Å². The minimum absolute atomic E-state index is 0.0726. The predicted molar refractivity (Wildman–Crippen MR) is 215 cm³/mol. The maximum Gasteiger partial charge on any atom is 0.187 e. The van der Waals surface area contributed by atoms with Crippen LogP contribution in [0.5, 0.6) is 0 Å². The van der Waals surface area contributed by atoms with Crippen LogP contribution in [0.2, 0.25) is 0 Å². The fourth-order valence-electron chi connectivity index (χ4n) is 7.65. The number of halogens is 1. The van der Waals surface area contributed by atoms with E-state index in [1.165, 1.54) is 0 Å². The van der Waals surface area contributed by atoms with Crippen molar-refractivity contribution in [3.8, 4) is 0 Å². The van der Waals surface area contributed by atoms with Crippen molar-refractivity contribution in [1.82, 2.24) is 0 Å². The Kier molecular flexibility index (Phi) is 14.5. The summed E-state index contributed by atoms with van der Waals surface area (Å²) < 4.78 is 82.0. The third kappa shape index (κ3) is 10.7. The van der Waals surface area contributed by atoms with Gasteiger partial charge >= 0.3 is 0 Å². The summed E-state index contributed by atoms with van der Waals surface area (Å²) in [6.07, 6.45) is -10.8. The second-order valence-electron chi connectivity index (χ2n) is 14.8. The van der Waals surface area contributed by atoms with Gasteiger partial charge in [0.05, 0.1) is 39.6 Å². The summed E-state index contributed by atoms with van der Waals surface area (Å²) in [5.74, 6) is 0. The highest BCUT2D eigenvalue weighted by Crippen LogP contribution is 2.39. The van der Waals surface area contributed by atoms with Gasteiger partial charge in [-0.1, -0.05) is 152 Å². The zero-order chi connectivity index (χ0) is 40.2. The number of benzene rings is 5. The van der Waals surface area contributed by atoms with E-state index in [0.717, 1.165) is 27.8 Å². The number of ether oxygens (including phenoxy) is 10. The molecule has 3 heterocycles. The molecule has 59 heavy (non-hydrogen) atoms. The number of methoxy groups -OCH3 is 1. The fraction of sp³-hybridized carbons (Fsp3) is 0.375. The van der Waals surface area contributed by atoms with E-state index in [4.69, 9.17) is 47.4 Å². The van der Waals surface area contributed by atoms with Crippen LogP contribution in [-0.4, -0.2) is 81.8 Å². The Morgan fingerprint density at radius 1 is 0.525 bits per heavy atom. The van der Waals surface area contributed by atoms with Crippen molar-refractivity contribution < 1.29 is 51.8 Å². The SMILES string of the molecule is CO[C@H]1O[C@H](COCc2ccccc2)[C@@H](O[C@H]2O[C@@H]3CO[C@@H](c4ccccc4)O[C@H]3[C@H](F)[C@H]2OCc2ccccc2)[C@H](OCc2ccccc2)[C@H]1OCc1ccccc1. The van der Waals surface area contributed by atoms with Crippen molar-refractivity contribution in [1.29, 1.82) is 0 Å². The van der Waals surface area contributed by atoms with Crippen molar-refractivity contribution >= 4 is 0 Å². The molecule has 0 aliphatic carbocycles. The Hall–Kier alpha value is -4.37. The van der Waals surface area contributed by atoms with Crippen molar-refractivity contribution in [2.45, 2.75) is 94.2 Å². The molecule has 0 saturated carbocycles. The minimum atomic E-state index is -1.66. The van der Waals surface area contributed by atoms with Gasteiger partial charge in [0, 0.05) is 12.7 Å². The third-order valence-electron chi connectivity index (χ3n) is 10.7. The summed E-state index contributed by atoms with van der Waals surface area (Å²) in [6.45, 7) is 1.07. The lowest BCUT2D eigenvalue weighted by atomic mass is 9.96. The molecule has 0 aromatic heterocycles. The van der Waals surface area contributed by atoms with Crippen LogP contribution >= 0.6 is 0 Å². The zero-order valence-electron chi connectivity index (χ0n) is 33.0. The predicted octanol–water partition coefficient (Wildman–Crippen LogP) is 7.89. The fourth-order valence-corrected chi connectivity index (χ4v) is 7.65. The van der Waals surface area contributed by atoms with Crippen LogP contribution in [0.4, 0.5) is 4.39 Å². The molecule has 8 rings (SSSR count). The number of fused-ring (bicyclic) bond motifs is 1. The largest absolute Gasteiger partial charge is 0.374 e. The Morgan fingerprint density at radius 3 is 1.56 bits per heavy atom. The molecule has 0 spiro atoms. The van der Waals surface area contributed by atoms with Crippen molar-refractivity contribution in [2.24, 2.45) is 0 Å². The van der Waals surface area contributed by atoms with Gasteiger partial charge in [0.15, 0.2) is 25.0 Å². The van der Waals surface area contributed by atoms with Gasteiger partial charge in [0.1, 0.15) is 42.7 Å². The first kappa shape index (κ1) is 41.4. The monoisotopic (exact) mass is 806 g/mol. The molecular formula is C48H51FO10. The molecule has 5 aromatic carbocycles. The normalized spacial score (nSPS) is 29.4. The van der Waals surface area contributed by atoms with Gasteiger partial charge < -0.3 is 47.4 Å². The average molecular weight is 807 g/mol. The molecule has 10 nitrogen and oxygen atoms in total. The van der Waals surface area contributed by atoms with Gasteiger partial charge in [-0.2, -0.15) is 0 Å². The smallest absolute Gasteiger partial charge is 0.187 e. The van der Waals surface area contributed by atoms with Gasteiger partial charge in [-0.15, -0.1) is 0 Å². The van der Waals surface area contributed by atoms with E-state index in [9.17, 15) is 0 Å². The van der Waals surface area contributed by atoms with Crippen LogP contribution in [0.3, 0.4) is 0 Å².